The van der Waals surface area contributed by atoms with Gasteiger partial charge in [-0.2, -0.15) is 26.3 Å². The molecule has 2 N–H and O–H groups in total. The minimum Gasteiger partial charge on any atom is -0.480 e. The molecule has 0 unspecified atom stereocenters. The molecule has 0 fully saturated rings. The van der Waals surface area contributed by atoms with Gasteiger partial charge in [0, 0.05) is 16.4 Å². The fraction of sp³-hybridized carbons (Fsp3) is 0.231. The number of anilines is 2. The number of carbonyl (C=O) groups is 2. The van der Waals surface area contributed by atoms with Crippen LogP contribution in [0.1, 0.15) is 28.4 Å². The summed E-state index contributed by atoms with van der Waals surface area (Å²) in [5.41, 5.74) is -1.19. The van der Waals surface area contributed by atoms with Crippen LogP contribution >= 0.6 is 11.6 Å². The molecule has 3 aromatic rings. The Labute approximate surface area is 218 Å². The zero-order valence-electron chi connectivity index (χ0n) is 19.9. The van der Waals surface area contributed by atoms with Crippen LogP contribution in [0.4, 0.5) is 37.7 Å². The first kappa shape index (κ1) is 28.8. The predicted molar refractivity (Wildman–Crippen MR) is 131 cm³/mol. The fourth-order valence-corrected chi connectivity index (χ4v) is 3.77. The molecule has 0 aromatic heterocycles. The second kappa shape index (κ2) is 10.9. The molecule has 0 saturated carbocycles. The van der Waals surface area contributed by atoms with Crippen molar-refractivity contribution < 1.29 is 41.0 Å². The van der Waals surface area contributed by atoms with Gasteiger partial charge in [-0.15, -0.1) is 0 Å². The number of hydrogen-bond acceptors (Lipinski definition) is 3. The molecule has 12 heteroatoms. The van der Waals surface area contributed by atoms with Crippen LogP contribution in [0.2, 0.25) is 5.02 Å². The summed E-state index contributed by atoms with van der Waals surface area (Å²) in [6.07, 6.45) is -9.58. The van der Waals surface area contributed by atoms with Crippen LogP contribution in [0.15, 0.2) is 60.7 Å². The fourth-order valence-electron chi connectivity index (χ4n) is 3.65. The van der Waals surface area contributed by atoms with Crippen molar-refractivity contribution in [2.45, 2.75) is 32.2 Å². The zero-order valence-corrected chi connectivity index (χ0v) is 20.7. The predicted octanol–water partition coefficient (Wildman–Crippen LogP) is 7.24. The quantitative estimate of drug-likeness (QED) is 0.300. The van der Waals surface area contributed by atoms with Gasteiger partial charge in [-0.1, -0.05) is 29.8 Å². The van der Waals surface area contributed by atoms with E-state index < -0.39 is 47.9 Å². The van der Waals surface area contributed by atoms with E-state index in [1.807, 2.05) is 5.32 Å². The Hall–Kier alpha value is -3.73. The van der Waals surface area contributed by atoms with Crippen LogP contribution in [-0.4, -0.2) is 35.7 Å². The molecule has 0 saturated heterocycles. The second-order valence-corrected chi connectivity index (χ2v) is 8.88. The lowest BCUT2D eigenvalue weighted by Crippen LogP contribution is -2.39. The third kappa shape index (κ3) is 6.97. The Morgan fingerprint density at radius 2 is 1.58 bits per heavy atom. The van der Waals surface area contributed by atoms with Gasteiger partial charge < -0.3 is 15.3 Å². The van der Waals surface area contributed by atoms with Gasteiger partial charge in [0.25, 0.3) is 5.91 Å². The van der Waals surface area contributed by atoms with E-state index in [1.165, 1.54) is 48.5 Å². The van der Waals surface area contributed by atoms with Crippen LogP contribution in [0.5, 0.6) is 0 Å². The maximum Gasteiger partial charge on any atom is 0.417 e. The first-order valence-corrected chi connectivity index (χ1v) is 11.4. The molecule has 0 spiro atoms. The van der Waals surface area contributed by atoms with E-state index in [9.17, 15) is 35.9 Å². The van der Waals surface area contributed by atoms with Crippen LogP contribution < -0.4 is 10.2 Å². The van der Waals surface area contributed by atoms with E-state index >= 15 is 0 Å². The van der Waals surface area contributed by atoms with E-state index in [1.54, 1.807) is 6.92 Å². The highest BCUT2D eigenvalue weighted by atomic mass is 35.5. The van der Waals surface area contributed by atoms with Crippen molar-refractivity contribution in [3.05, 3.63) is 82.4 Å². The van der Waals surface area contributed by atoms with Crippen molar-refractivity contribution in [3.63, 3.8) is 0 Å². The molecule has 3 aromatic carbocycles. The molecule has 0 aliphatic rings. The summed E-state index contributed by atoms with van der Waals surface area (Å²) in [5, 5.41) is 11.3. The molecular weight excluding hydrogens is 538 g/mol. The number of nitrogens with zero attached hydrogens (tertiary/aromatic N) is 1. The van der Waals surface area contributed by atoms with Crippen molar-refractivity contribution in [2.75, 3.05) is 11.4 Å². The van der Waals surface area contributed by atoms with Gasteiger partial charge in [0.15, 0.2) is 0 Å². The number of nitrogens with one attached hydrogen (secondary N) is 1. The molecule has 0 aliphatic carbocycles. The summed E-state index contributed by atoms with van der Waals surface area (Å²) in [6, 6.07) is 11.2. The van der Waals surface area contributed by atoms with E-state index in [0.717, 1.165) is 17.9 Å². The molecule has 0 radical (unpaired) electrons. The number of rotatable bonds is 7. The number of hydrogen-bond donors (Lipinski definition) is 2. The Balaban J connectivity index is 2.08. The van der Waals surface area contributed by atoms with Crippen molar-refractivity contribution in [1.29, 1.82) is 0 Å². The molecule has 38 heavy (non-hydrogen) atoms. The van der Waals surface area contributed by atoms with Crippen molar-refractivity contribution in [2.24, 2.45) is 0 Å². The Bertz CT molecular complexity index is 1360. The summed E-state index contributed by atoms with van der Waals surface area (Å²) in [6.45, 7) is 1.36. The average Bonchev–Trinajstić information content (AvgIpc) is 2.82. The highest BCUT2D eigenvalue weighted by molar-refractivity contribution is 6.31. The number of carbonyl (C=O) groups excluding carboxylic acids is 1. The van der Waals surface area contributed by atoms with Gasteiger partial charge in [0.1, 0.15) is 12.6 Å². The second-order valence-electron chi connectivity index (χ2n) is 8.48. The third-order valence-corrected chi connectivity index (χ3v) is 5.99. The SMILES string of the molecule is Cc1cc(N(CC(F)(F)F)c2cccc(-c3ccc(C(=O)N[C@@H](C)C(=O)O)c(C(F)(F)F)c3)c2)ccc1Cl. The highest BCUT2D eigenvalue weighted by Gasteiger charge is 2.36. The molecule has 1 atom stereocenters. The molecule has 5 nitrogen and oxygen atoms in total. The van der Waals surface area contributed by atoms with Crippen LogP contribution in [0.3, 0.4) is 0 Å². The zero-order chi connectivity index (χ0) is 28.4. The number of aliphatic carboxylic acids is 1. The van der Waals surface area contributed by atoms with Gasteiger partial charge in [-0.05, 0) is 73.0 Å². The van der Waals surface area contributed by atoms with Crippen molar-refractivity contribution >= 4 is 34.9 Å². The largest absolute Gasteiger partial charge is 0.480 e. The number of alkyl halides is 6. The third-order valence-electron chi connectivity index (χ3n) is 5.57. The molecule has 202 valence electrons. The van der Waals surface area contributed by atoms with Crippen molar-refractivity contribution in [1.82, 2.24) is 5.32 Å². The van der Waals surface area contributed by atoms with E-state index in [-0.39, 0.29) is 22.5 Å². The lowest BCUT2D eigenvalue weighted by molar-refractivity contribution is -0.138. The lowest BCUT2D eigenvalue weighted by atomic mass is 9.97. The van der Waals surface area contributed by atoms with E-state index in [4.69, 9.17) is 16.7 Å². The average molecular weight is 559 g/mol. The Kier molecular flexibility index (Phi) is 8.30. The summed E-state index contributed by atoms with van der Waals surface area (Å²) in [7, 11) is 0. The number of aryl methyl sites for hydroxylation is 1. The summed E-state index contributed by atoms with van der Waals surface area (Å²) < 4.78 is 81.9. The maximum atomic E-state index is 13.8. The Morgan fingerprint density at radius 1 is 0.947 bits per heavy atom. The standard InChI is InChI=1S/C26H21ClF6N2O3/c1-14-10-19(7-9-22(14)27)35(13-25(28,29)30)18-5-3-4-16(11-18)17-6-8-20(21(12-17)26(31,32)33)23(36)34-15(2)24(37)38/h3-12,15H,13H2,1-2H3,(H,34,36)(H,37,38)/t15-/m0/s1. The van der Waals surface area contributed by atoms with Gasteiger partial charge in [0.05, 0.1) is 11.1 Å². The summed E-state index contributed by atoms with van der Waals surface area (Å²) >= 11 is 6.01. The van der Waals surface area contributed by atoms with Gasteiger partial charge >= 0.3 is 18.3 Å². The van der Waals surface area contributed by atoms with E-state index in [2.05, 4.69) is 0 Å². The van der Waals surface area contributed by atoms with Gasteiger partial charge in [0.2, 0.25) is 0 Å². The number of benzene rings is 3. The topological polar surface area (TPSA) is 69.6 Å². The lowest BCUT2D eigenvalue weighted by Gasteiger charge is -2.27. The molecule has 0 heterocycles. The molecule has 0 aliphatic heterocycles. The molecule has 0 bridgehead atoms. The highest BCUT2D eigenvalue weighted by Crippen LogP contribution is 2.37. The summed E-state index contributed by atoms with van der Waals surface area (Å²) in [4.78, 5) is 24.3. The minimum absolute atomic E-state index is 0.0127. The first-order valence-electron chi connectivity index (χ1n) is 11.0. The molecule has 1 amide bonds. The number of carboxylic acid groups (broad SMARTS) is 1. The normalized spacial score (nSPS) is 12.7. The Morgan fingerprint density at radius 3 is 2.16 bits per heavy atom. The van der Waals surface area contributed by atoms with Crippen LogP contribution in [-0.2, 0) is 11.0 Å². The van der Waals surface area contributed by atoms with Gasteiger partial charge in [-0.25, -0.2) is 0 Å². The smallest absolute Gasteiger partial charge is 0.417 e. The number of carboxylic acids is 1. The minimum atomic E-state index is -4.98. The number of halogens is 7. The van der Waals surface area contributed by atoms with Crippen LogP contribution in [0.25, 0.3) is 11.1 Å². The first-order chi connectivity index (χ1) is 17.6. The number of amides is 1. The summed E-state index contributed by atoms with van der Waals surface area (Å²) in [5.74, 6) is -2.67. The molecule has 3 rings (SSSR count). The monoisotopic (exact) mass is 558 g/mol. The van der Waals surface area contributed by atoms with Crippen LogP contribution in [0, 0.1) is 6.92 Å². The van der Waals surface area contributed by atoms with Crippen molar-refractivity contribution in [3.8, 4) is 11.1 Å². The molecular formula is C26H21ClF6N2O3. The van der Waals surface area contributed by atoms with E-state index in [0.29, 0.717) is 16.7 Å². The maximum absolute atomic E-state index is 13.8. The van der Waals surface area contributed by atoms with Gasteiger partial charge in [-0.3, -0.25) is 9.59 Å².